The molecular weight excluding hydrogens is 600 g/mol. The van der Waals surface area contributed by atoms with E-state index in [1.807, 2.05) is 4.72 Å². The van der Waals surface area contributed by atoms with E-state index in [1.54, 1.807) is 24.3 Å². The van der Waals surface area contributed by atoms with Gasteiger partial charge in [0.15, 0.2) is 11.2 Å². The van der Waals surface area contributed by atoms with Gasteiger partial charge in [-0.1, -0.05) is 12.1 Å². The van der Waals surface area contributed by atoms with Crippen molar-refractivity contribution < 1.29 is 37.8 Å². The van der Waals surface area contributed by atoms with E-state index in [0.29, 0.717) is 11.4 Å². The number of carbonyl (C=O) groups excluding carboxylic acids is 2. The monoisotopic (exact) mass is 624 g/mol. The van der Waals surface area contributed by atoms with Crippen molar-refractivity contribution in [3.8, 4) is 0 Å². The van der Waals surface area contributed by atoms with Crippen LogP contribution in [0.1, 0.15) is 39.3 Å². The standard InChI is InChI=1S/C19H19N7O6.C7H5NO3S/c20-19-25-15-14(17(30)26-19)23-11(8-22-15)7-21-10-3-1-9(2-4-10)16(29)24-12(18(31)32)5-6-13(27)28;9-7-5-3-1-2-4-6(5)12(10,11)8-7/h1-4,8,12,21H,5-7H2,(H,24,29)(H,27,28)(H,31,32)(H3,20,22,25,26,30);1-4H,(H,8,9)/t12-;/m0./s1. The first kappa shape index (κ1) is 31.0. The predicted octanol–water partition coefficient (Wildman–Crippen LogP) is 0.0739. The lowest BCUT2D eigenvalue weighted by Gasteiger charge is -2.14. The number of carboxylic acids is 2. The van der Waals surface area contributed by atoms with Crippen LogP contribution in [-0.4, -0.2) is 68.4 Å². The fourth-order valence-corrected chi connectivity index (χ4v) is 5.05. The number of fused-ring (bicyclic) bond motifs is 2. The maximum absolute atomic E-state index is 12.3. The van der Waals surface area contributed by atoms with Crippen molar-refractivity contribution in [3.05, 3.63) is 81.9 Å². The highest BCUT2D eigenvalue weighted by atomic mass is 32.2. The number of anilines is 2. The maximum Gasteiger partial charge on any atom is 0.326 e. The van der Waals surface area contributed by atoms with Crippen molar-refractivity contribution in [3.63, 3.8) is 0 Å². The number of amides is 2. The molecular formula is C26H24N8O9S. The highest BCUT2D eigenvalue weighted by molar-refractivity contribution is 7.90. The van der Waals surface area contributed by atoms with Crippen molar-refractivity contribution >= 4 is 56.6 Å². The third-order valence-electron chi connectivity index (χ3n) is 6.01. The molecule has 44 heavy (non-hydrogen) atoms. The Labute approximate surface area is 247 Å². The van der Waals surface area contributed by atoms with Crippen LogP contribution in [0.25, 0.3) is 11.2 Å². The Morgan fingerprint density at radius 1 is 1.00 bits per heavy atom. The van der Waals surface area contributed by atoms with Crippen LogP contribution in [0.3, 0.4) is 0 Å². The topological polar surface area (TPSA) is 277 Å². The normalized spacial score (nSPS) is 13.5. The number of H-pyrrole nitrogens is 1. The zero-order valence-electron chi connectivity index (χ0n) is 22.5. The molecule has 1 aliphatic rings. The van der Waals surface area contributed by atoms with Crippen LogP contribution >= 0.6 is 0 Å². The van der Waals surface area contributed by atoms with E-state index >= 15 is 0 Å². The molecule has 0 spiro atoms. The SMILES string of the molecule is Nc1nc(=O)c2nc(CNc3ccc(C(=O)N[C@@H](CCC(=O)O)C(=O)O)cc3)cnc2[nH]1.O=C1NS(=O)(=O)c2ccccc21. The van der Waals surface area contributed by atoms with Gasteiger partial charge < -0.3 is 31.6 Å². The van der Waals surface area contributed by atoms with Gasteiger partial charge in [0.25, 0.3) is 21.8 Å². The lowest BCUT2D eigenvalue weighted by atomic mass is 10.1. The van der Waals surface area contributed by atoms with Crippen molar-refractivity contribution in [1.82, 2.24) is 30.0 Å². The summed E-state index contributed by atoms with van der Waals surface area (Å²) in [6, 6.07) is 11.0. The Hall–Kier alpha value is -5.91. The minimum Gasteiger partial charge on any atom is -0.481 e. The Balaban J connectivity index is 0.000000305. The number of hydrogen-bond acceptors (Lipinski definition) is 12. The molecule has 228 valence electrons. The molecule has 4 aromatic rings. The zero-order chi connectivity index (χ0) is 32.0. The van der Waals surface area contributed by atoms with Crippen LogP contribution < -0.4 is 26.6 Å². The minimum absolute atomic E-state index is 0.0524. The maximum atomic E-state index is 12.3. The molecule has 2 amide bonds. The molecule has 0 unspecified atom stereocenters. The summed E-state index contributed by atoms with van der Waals surface area (Å²) in [6.07, 6.45) is 0.858. The Kier molecular flexibility index (Phi) is 9.13. The molecule has 2 aromatic carbocycles. The number of aromatic amines is 1. The number of nitrogens with two attached hydrogens (primary N) is 1. The van der Waals surface area contributed by atoms with Gasteiger partial charge in [-0.2, -0.15) is 4.98 Å². The average Bonchev–Trinajstić information content (AvgIpc) is 3.22. The number of nitrogens with zero attached hydrogens (tertiary/aromatic N) is 3. The van der Waals surface area contributed by atoms with Crippen LogP contribution in [0.5, 0.6) is 0 Å². The molecule has 0 radical (unpaired) electrons. The number of rotatable bonds is 9. The Morgan fingerprint density at radius 3 is 2.36 bits per heavy atom. The fourth-order valence-electron chi connectivity index (χ4n) is 3.88. The molecule has 3 heterocycles. The first-order valence-electron chi connectivity index (χ1n) is 12.6. The summed E-state index contributed by atoms with van der Waals surface area (Å²) in [4.78, 5) is 71.6. The molecule has 0 bridgehead atoms. The summed E-state index contributed by atoms with van der Waals surface area (Å²) in [7, 11) is -3.55. The second-order valence-electron chi connectivity index (χ2n) is 9.14. The molecule has 5 rings (SSSR count). The Morgan fingerprint density at radius 2 is 1.70 bits per heavy atom. The van der Waals surface area contributed by atoms with Crippen LogP contribution in [-0.2, 0) is 26.2 Å². The van der Waals surface area contributed by atoms with Crippen LogP contribution in [0, 0.1) is 0 Å². The summed E-state index contributed by atoms with van der Waals surface area (Å²) in [5.74, 6) is -3.71. The quantitative estimate of drug-likeness (QED) is 0.130. The van der Waals surface area contributed by atoms with Gasteiger partial charge in [-0.3, -0.25) is 19.2 Å². The third kappa shape index (κ3) is 7.48. The summed E-state index contributed by atoms with van der Waals surface area (Å²) in [5.41, 5.74) is 6.69. The number of sulfonamides is 1. The number of benzene rings is 2. The summed E-state index contributed by atoms with van der Waals surface area (Å²) in [6.45, 7) is 0.231. The number of aliphatic carboxylic acids is 2. The number of nitrogens with one attached hydrogen (secondary N) is 4. The van der Waals surface area contributed by atoms with E-state index < -0.39 is 45.4 Å². The fraction of sp³-hybridized carbons (Fsp3) is 0.154. The summed E-state index contributed by atoms with van der Waals surface area (Å²) >= 11 is 0. The number of aromatic nitrogens is 4. The Bertz CT molecular complexity index is 1930. The van der Waals surface area contributed by atoms with Gasteiger partial charge in [-0.25, -0.2) is 27.9 Å². The van der Waals surface area contributed by atoms with E-state index in [2.05, 4.69) is 30.6 Å². The van der Waals surface area contributed by atoms with E-state index in [4.69, 9.17) is 15.9 Å². The average molecular weight is 625 g/mol. The lowest BCUT2D eigenvalue weighted by Crippen LogP contribution is -2.41. The van der Waals surface area contributed by atoms with Crippen LogP contribution in [0.15, 0.2) is 64.4 Å². The predicted molar refractivity (Wildman–Crippen MR) is 153 cm³/mol. The second kappa shape index (κ2) is 12.9. The number of nitrogen functional groups attached to an aromatic ring is 1. The molecule has 0 fully saturated rings. The molecule has 8 N–H and O–H groups in total. The van der Waals surface area contributed by atoms with Gasteiger partial charge in [0.2, 0.25) is 5.95 Å². The molecule has 1 atom stereocenters. The van der Waals surface area contributed by atoms with Crippen LogP contribution in [0.2, 0.25) is 0 Å². The summed E-state index contributed by atoms with van der Waals surface area (Å²) < 4.78 is 24.2. The number of hydrogen-bond donors (Lipinski definition) is 7. The summed E-state index contributed by atoms with van der Waals surface area (Å²) in [5, 5.41) is 23.2. The third-order valence-corrected chi connectivity index (χ3v) is 7.40. The number of carboxylic acid groups (broad SMARTS) is 2. The van der Waals surface area contributed by atoms with Gasteiger partial charge in [0.05, 0.1) is 24.0 Å². The van der Waals surface area contributed by atoms with E-state index in [-0.39, 0.29) is 52.5 Å². The van der Waals surface area contributed by atoms with E-state index in [1.165, 1.54) is 30.5 Å². The molecule has 1 aliphatic heterocycles. The van der Waals surface area contributed by atoms with Crippen LogP contribution in [0.4, 0.5) is 11.6 Å². The zero-order valence-corrected chi connectivity index (χ0v) is 23.3. The van der Waals surface area contributed by atoms with Crippen molar-refractivity contribution in [1.29, 1.82) is 0 Å². The second-order valence-corrected chi connectivity index (χ2v) is 10.8. The largest absolute Gasteiger partial charge is 0.481 e. The van der Waals surface area contributed by atoms with Gasteiger partial charge in [-0.05, 0) is 42.8 Å². The van der Waals surface area contributed by atoms with Crippen molar-refractivity contribution in [2.75, 3.05) is 11.1 Å². The van der Waals surface area contributed by atoms with Gasteiger partial charge >= 0.3 is 17.5 Å². The van der Waals surface area contributed by atoms with Crippen molar-refractivity contribution in [2.24, 2.45) is 0 Å². The number of carbonyl (C=O) groups is 4. The molecule has 0 saturated heterocycles. The van der Waals surface area contributed by atoms with Gasteiger partial charge in [0.1, 0.15) is 10.9 Å². The highest BCUT2D eigenvalue weighted by Gasteiger charge is 2.31. The molecule has 17 nitrogen and oxygen atoms in total. The lowest BCUT2D eigenvalue weighted by molar-refractivity contribution is -0.140. The van der Waals surface area contributed by atoms with Gasteiger partial charge in [0, 0.05) is 17.7 Å². The molecule has 18 heteroatoms. The van der Waals surface area contributed by atoms with E-state index in [0.717, 1.165) is 0 Å². The van der Waals surface area contributed by atoms with Gasteiger partial charge in [-0.15, -0.1) is 0 Å². The first-order chi connectivity index (χ1) is 20.8. The highest BCUT2D eigenvalue weighted by Crippen LogP contribution is 2.21. The first-order valence-corrected chi connectivity index (χ1v) is 14.1. The molecule has 0 saturated carbocycles. The van der Waals surface area contributed by atoms with Crippen molar-refractivity contribution in [2.45, 2.75) is 30.3 Å². The smallest absolute Gasteiger partial charge is 0.326 e. The molecule has 0 aliphatic carbocycles. The molecule has 2 aromatic heterocycles. The minimum atomic E-state index is -3.55. The van der Waals surface area contributed by atoms with E-state index in [9.17, 15) is 32.4 Å².